The zero-order valence-electron chi connectivity index (χ0n) is 22.8. The van der Waals surface area contributed by atoms with Crippen LogP contribution in [0.15, 0.2) is 60.7 Å². The van der Waals surface area contributed by atoms with Gasteiger partial charge in [-0.05, 0) is 31.2 Å². The van der Waals surface area contributed by atoms with Gasteiger partial charge < -0.3 is 29.6 Å². The molecule has 3 aromatic carbocycles. The van der Waals surface area contributed by atoms with Crippen LogP contribution in [0.25, 0.3) is 10.8 Å². The number of rotatable bonds is 8. The second-order valence-corrected chi connectivity index (χ2v) is 9.40. The average Bonchev–Trinajstić information content (AvgIpc) is 2.94. The number of alkyl halides is 3. The maximum absolute atomic E-state index is 12.9. The lowest BCUT2D eigenvalue weighted by Crippen LogP contribution is -2.36. The quantitative estimate of drug-likeness (QED) is 0.256. The summed E-state index contributed by atoms with van der Waals surface area (Å²) in [5, 5.41) is 6.64. The van der Waals surface area contributed by atoms with Gasteiger partial charge in [0.15, 0.2) is 0 Å². The first kappa shape index (κ1) is 28.9. The number of aromatic nitrogens is 2. The van der Waals surface area contributed by atoms with Gasteiger partial charge in [-0.3, -0.25) is 4.90 Å². The number of aryl methyl sites for hydroxylation is 1. The summed E-state index contributed by atoms with van der Waals surface area (Å²) >= 11 is 0. The highest BCUT2D eigenvalue weighted by Gasteiger charge is 2.31. The minimum atomic E-state index is -4.88. The summed E-state index contributed by atoms with van der Waals surface area (Å²) in [6, 6.07) is 15.1. The fraction of sp³-hybridized carbons (Fsp3) is 0.276. The van der Waals surface area contributed by atoms with Crippen LogP contribution in [0, 0.1) is 6.92 Å². The Bertz CT molecular complexity index is 1580. The minimum Gasteiger partial charge on any atom is -0.495 e. The third-order valence-electron chi connectivity index (χ3n) is 6.35. The van der Waals surface area contributed by atoms with E-state index in [0.29, 0.717) is 53.7 Å². The van der Waals surface area contributed by atoms with E-state index in [1.54, 1.807) is 18.2 Å². The first-order valence-corrected chi connectivity index (χ1v) is 13.0. The van der Waals surface area contributed by atoms with E-state index in [2.05, 4.69) is 30.2 Å². The van der Waals surface area contributed by atoms with Gasteiger partial charge in [-0.25, -0.2) is 9.78 Å². The number of benzene rings is 3. The lowest BCUT2D eigenvalue weighted by molar-refractivity contribution is -0.274. The van der Waals surface area contributed by atoms with Crippen molar-refractivity contribution < 1.29 is 36.9 Å². The number of hydrogen-bond acceptors (Lipinski definition) is 8. The Balaban J connectivity index is 1.34. The van der Waals surface area contributed by atoms with E-state index in [1.807, 2.05) is 31.2 Å². The number of urea groups is 1. The first-order valence-electron chi connectivity index (χ1n) is 13.0. The second kappa shape index (κ2) is 12.5. The Kier molecular flexibility index (Phi) is 8.59. The van der Waals surface area contributed by atoms with Crippen molar-refractivity contribution >= 4 is 28.2 Å². The number of morpholine rings is 1. The van der Waals surface area contributed by atoms with Gasteiger partial charge in [0.05, 0.1) is 38.2 Å². The molecule has 2 N–H and O–H groups in total. The van der Waals surface area contributed by atoms with E-state index in [9.17, 15) is 18.0 Å². The Morgan fingerprint density at radius 3 is 2.40 bits per heavy atom. The van der Waals surface area contributed by atoms with Crippen molar-refractivity contribution in [1.82, 2.24) is 14.9 Å². The molecule has 2 heterocycles. The van der Waals surface area contributed by atoms with Gasteiger partial charge in [0.25, 0.3) is 0 Å². The fourth-order valence-corrected chi connectivity index (χ4v) is 4.52. The van der Waals surface area contributed by atoms with Crippen LogP contribution >= 0.6 is 0 Å². The molecule has 0 aliphatic carbocycles. The van der Waals surface area contributed by atoms with Crippen LogP contribution in [0.3, 0.4) is 0 Å². The van der Waals surface area contributed by atoms with Crippen LogP contribution in [0.4, 0.5) is 29.3 Å². The van der Waals surface area contributed by atoms with E-state index in [4.69, 9.17) is 14.2 Å². The molecule has 1 saturated heterocycles. The maximum Gasteiger partial charge on any atom is 0.573 e. The van der Waals surface area contributed by atoms with Crippen LogP contribution in [0.5, 0.6) is 23.1 Å². The number of halogens is 3. The molecule has 42 heavy (non-hydrogen) atoms. The van der Waals surface area contributed by atoms with Crippen molar-refractivity contribution in [3.05, 3.63) is 72.2 Å². The smallest absolute Gasteiger partial charge is 0.495 e. The molecular formula is C29H28F3N5O5. The number of amides is 2. The maximum atomic E-state index is 12.9. The summed E-state index contributed by atoms with van der Waals surface area (Å²) in [5.41, 5.74) is 1.21. The van der Waals surface area contributed by atoms with E-state index in [1.165, 1.54) is 13.2 Å². The van der Waals surface area contributed by atoms with E-state index >= 15 is 0 Å². The molecule has 0 radical (unpaired) electrons. The highest BCUT2D eigenvalue weighted by molar-refractivity contribution is 6.08. The van der Waals surface area contributed by atoms with E-state index in [-0.39, 0.29) is 11.4 Å². The second-order valence-electron chi connectivity index (χ2n) is 9.40. The Labute approximate surface area is 239 Å². The molecule has 1 aliphatic rings. The highest BCUT2D eigenvalue weighted by atomic mass is 19.4. The molecule has 10 nitrogen and oxygen atoms in total. The van der Waals surface area contributed by atoms with Gasteiger partial charge in [-0.1, -0.05) is 24.3 Å². The minimum absolute atomic E-state index is 0.00646. The van der Waals surface area contributed by atoms with Gasteiger partial charge in [0.2, 0.25) is 5.88 Å². The number of methoxy groups -OCH3 is 1. The molecular weight excluding hydrogens is 555 g/mol. The molecule has 4 aromatic rings. The van der Waals surface area contributed by atoms with Crippen molar-refractivity contribution in [2.45, 2.75) is 19.8 Å². The average molecular weight is 584 g/mol. The van der Waals surface area contributed by atoms with Gasteiger partial charge in [0, 0.05) is 41.7 Å². The number of carbonyl (C=O) groups is 1. The standard InChI is InChI=1S/C29H28F3N5O5/c1-18-15-27(36-26(33-18)17-37-11-13-40-14-12-37)41-24-10-8-22(20-5-3-4-6-21(20)24)34-28(38)35-23-16-19(42-29(30,31)32)7-9-25(23)39-2/h3-10,15-16H,11-14,17H2,1-2H3,(H2,34,35,38). The molecule has 5 rings (SSSR count). The zero-order chi connectivity index (χ0) is 29.7. The molecule has 1 aliphatic heterocycles. The summed E-state index contributed by atoms with van der Waals surface area (Å²) in [5.74, 6) is 1.21. The van der Waals surface area contributed by atoms with Crippen LogP contribution in [-0.2, 0) is 11.3 Å². The number of nitrogens with zero attached hydrogens (tertiary/aromatic N) is 3. The van der Waals surface area contributed by atoms with Gasteiger partial charge >= 0.3 is 12.4 Å². The summed E-state index contributed by atoms with van der Waals surface area (Å²) in [7, 11) is 1.33. The summed E-state index contributed by atoms with van der Waals surface area (Å²) in [6.07, 6.45) is -4.88. The molecule has 13 heteroatoms. The van der Waals surface area contributed by atoms with Crippen molar-refractivity contribution in [3.63, 3.8) is 0 Å². The van der Waals surface area contributed by atoms with Crippen LogP contribution < -0.4 is 24.8 Å². The van der Waals surface area contributed by atoms with E-state index in [0.717, 1.165) is 30.9 Å². The number of carbonyl (C=O) groups excluding carboxylic acids is 1. The summed E-state index contributed by atoms with van der Waals surface area (Å²) < 4.78 is 58.8. The van der Waals surface area contributed by atoms with Crippen LogP contribution in [0.1, 0.15) is 11.5 Å². The summed E-state index contributed by atoms with van der Waals surface area (Å²) in [4.78, 5) is 24.3. The van der Waals surface area contributed by atoms with E-state index < -0.39 is 18.1 Å². The number of hydrogen-bond donors (Lipinski definition) is 2. The van der Waals surface area contributed by atoms with Gasteiger partial charge in [0.1, 0.15) is 23.1 Å². The molecule has 0 spiro atoms. The first-order chi connectivity index (χ1) is 20.2. The zero-order valence-corrected chi connectivity index (χ0v) is 22.8. The highest BCUT2D eigenvalue weighted by Crippen LogP contribution is 2.35. The van der Waals surface area contributed by atoms with Crippen molar-refractivity contribution in [2.24, 2.45) is 0 Å². The number of nitrogens with one attached hydrogen (secondary N) is 2. The molecule has 0 unspecified atom stereocenters. The monoisotopic (exact) mass is 583 g/mol. The van der Waals surface area contributed by atoms with Crippen molar-refractivity contribution in [2.75, 3.05) is 44.0 Å². The lowest BCUT2D eigenvalue weighted by Gasteiger charge is -2.25. The Hall–Kier alpha value is -4.62. The largest absolute Gasteiger partial charge is 0.573 e. The Morgan fingerprint density at radius 2 is 1.67 bits per heavy atom. The SMILES string of the molecule is COc1ccc(OC(F)(F)F)cc1NC(=O)Nc1ccc(Oc2cc(C)nc(CN3CCOCC3)n2)c2ccccc12. The van der Waals surface area contributed by atoms with Gasteiger partial charge in [-0.2, -0.15) is 4.98 Å². The fourth-order valence-electron chi connectivity index (χ4n) is 4.52. The number of anilines is 2. The normalized spacial score (nSPS) is 13.9. The third kappa shape index (κ3) is 7.36. The molecule has 0 atom stereocenters. The Morgan fingerprint density at radius 1 is 0.952 bits per heavy atom. The van der Waals surface area contributed by atoms with Crippen LogP contribution in [-0.4, -0.2) is 60.7 Å². The molecule has 1 aromatic heterocycles. The third-order valence-corrected chi connectivity index (χ3v) is 6.35. The lowest BCUT2D eigenvalue weighted by atomic mass is 10.1. The van der Waals surface area contributed by atoms with Crippen LogP contribution in [0.2, 0.25) is 0 Å². The molecule has 220 valence electrons. The topological polar surface area (TPSA) is 107 Å². The van der Waals surface area contributed by atoms with Gasteiger partial charge in [-0.15, -0.1) is 13.2 Å². The number of ether oxygens (including phenoxy) is 4. The molecule has 1 fully saturated rings. The molecule has 0 saturated carbocycles. The molecule has 2 amide bonds. The summed E-state index contributed by atoms with van der Waals surface area (Å²) in [6.45, 7) is 5.41. The van der Waals surface area contributed by atoms with Crippen molar-refractivity contribution in [1.29, 1.82) is 0 Å². The van der Waals surface area contributed by atoms with Crippen molar-refractivity contribution in [3.8, 4) is 23.1 Å². The predicted molar refractivity (Wildman–Crippen MR) is 149 cm³/mol. The predicted octanol–water partition coefficient (Wildman–Crippen LogP) is 6.11. The number of fused-ring (bicyclic) bond motifs is 1. The molecule has 0 bridgehead atoms.